The van der Waals surface area contributed by atoms with E-state index in [9.17, 15) is 4.79 Å². The van der Waals surface area contributed by atoms with E-state index < -0.39 is 0 Å². The van der Waals surface area contributed by atoms with Gasteiger partial charge in [0.05, 0.1) is 20.3 Å². The molecule has 0 N–H and O–H groups in total. The Kier molecular flexibility index (Phi) is 3.45. The molecule has 0 aromatic rings. The zero-order valence-electron chi connectivity index (χ0n) is 8.12. The van der Waals surface area contributed by atoms with Crippen molar-refractivity contribution in [2.75, 3.05) is 20.3 Å². The number of ether oxygens (including phenoxy) is 3. The third-order valence-corrected chi connectivity index (χ3v) is 2.06. The number of carbonyl (C=O) groups is 1. The second-order valence-electron chi connectivity index (χ2n) is 2.87. The summed E-state index contributed by atoms with van der Waals surface area (Å²) in [4.78, 5) is 11.1. The van der Waals surface area contributed by atoms with Crippen LogP contribution < -0.4 is 0 Å². The van der Waals surface area contributed by atoms with Gasteiger partial charge in [-0.25, -0.2) is 4.79 Å². The lowest BCUT2D eigenvalue weighted by Crippen LogP contribution is -2.14. The average Bonchev–Trinajstić information content (AvgIpc) is 2.67. The van der Waals surface area contributed by atoms with Crippen molar-refractivity contribution in [2.45, 2.75) is 20.1 Å². The number of hydrogen-bond acceptors (Lipinski definition) is 4. The van der Waals surface area contributed by atoms with E-state index in [2.05, 4.69) is 4.74 Å². The molecule has 1 fully saturated rings. The highest BCUT2D eigenvalue weighted by Gasteiger charge is 2.21. The molecule has 0 aromatic carbocycles. The van der Waals surface area contributed by atoms with E-state index in [-0.39, 0.29) is 12.3 Å². The van der Waals surface area contributed by atoms with E-state index in [1.807, 2.05) is 6.92 Å². The minimum Gasteiger partial charge on any atom is -0.466 e. The smallest absolute Gasteiger partial charge is 0.333 e. The first-order valence-corrected chi connectivity index (χ1v) is 4.15. The average molecular weight is 186 g/mol. The maximum Gasteiger partial charge on any atom is 0.333 e. The van der Waals surface area contributed by atoms with Crippen LogP contribution in [-0.2, 0) is 19.0 Å². The Morgan fingerprint density at radius 1 is 1.31 bits per heavy atom. The monoisotopic (exact) mass is 186 g/mol. The molecule has 13 heavy (non-hydrogen) atoms. The van der Waals surface area contributed by atoms with Crippen molar-refractivity contribution in [3.05, 3.63) is 11.1 Å². The van der Waals surface area contributed by atoms with Crippen LogP contribution in [0.3, 0.4) is 0 Å². The van der Waals surface area contributed by atoms with Gasteiger partial charge in [0, 0.05) is 5.57 Å². The van der Waals surface area contributed by atoms with Gasteiger partial charge in [0.2, 0.25) is 0 Å². The lowest BCUT2D eigenvalue weighted by molar-refractivity contribution is -0.136. The lowest BCUT2D eigenvalue weighted by Gasteiger charge is -2.11. The molecule has 0 amide bonds. The summed E-state index contributed by atoms with van der Waals surface area (Å²) < 4.78 is 15.1. The summed E-state index contributed by atoms with van der Waals surface area (Å²) in [6.07, 6.45) is -0.376. The highest BCUT2D eigenvalue weighted by Crippen LogP contribution is 2.17. The molecule has 0 saturated carbocycles. The standard InChI is InChI=1S/C9H14O4/c1-6(8(10)11-3)7(2)9-12-4-5-13-9/h9H,4-5H2,1-3H3. The second kappa shape index (κ2) is 4.39. The van der Waals surface area contributed by atoms with Crippen LogP contribution in [0.25, 0.3) is 0 Å². The van der Waals surface area contributed by atoms with Gasteiger partial charge in [-0.1, -0.05) is 0 Å². The molecule has 1 aliphatic heterocycles. The normalized spacial score (nSPS) is 19.9. The van der Waals surface area contributed by atoms with Crippen LogP contribution in [0.2, 0.25) is 0 Å². The first kappa shape index (κ1) is 10.2. The van der Waals surface area contributed by atoms with Crippen LogP contribution >= 0.6 is 0 Å². The van der Waals surface area contributed by atoms with Crippen molar-refractivity contribution in [3.63, 3.8) is 0 Å². The maximum atomic E-state index is 11.1. The maximum absolute atomic E-state index is 11.1. The summed E-state index contributed by atoms with van der Waals surface area (Å²) in [7, 11) is 1.36. The highest BCUT2D eigenvalue weighted by molar-refractivity contribution is 5.88. The molecule has 0 bridgehead atoms. The SMILES string of the molecule is COC(=O)C(C)=C(C)C1OCCO1. The Bertz CT molecular complexity index is 226. The number of rotatable bonds is 2. The minimum absolute atomic E-state index is 0.336. The van der Waals surface area contributed by atoms with Crippen LogP contribution in [-0.4, -0.2) is 32.6 Å². The van der Waals surface area contributed by atoms with Crippen molar-refractivity contribution < 1.29 is 19.0 Å². The molecule has 1 heterocycles. The third-order valence-electron chi connectivity index (χ3n) is 2.06. The minimum atomic E-state index is -0.376. The lowest BCUT2D eigenvalue weighted by atomic mass is 10.1. The largest absolute Gasteiger partial charge is 0.466 e. The van der Waals surface area contributed by atoms with E-state index in [1.165, 1.54) is 7.11 Å². The number of hydrogen-bond donors (Lipinski definition) is 0. The van der Waals surface area contributed by atoms with Crippen molar-refractivity contribution >= 4 is 5.97 Å². The molecular weight excluding hydrogens is 172 g/mol. The van der Waals surface area contributed by atoms with Gasteiger partial charge < -0.3 is 14.2 Å². The zero-order chi connectivity index (χ0) is 9.84. The molecule has 74 valence electrons. The quantitative estimate of drug-likeness (QED) is 0.474. The molecule has 0 unspecified atom stereocenters. The third kappa shape index (κ3) is 2.29. The van der Waals surface area contributed by atoms with Crippen LogP contribution in [0.15, 0.2) is 11.1 Å². The van der Waals surface area contributed by atoms with Crippen LogP contribution in [0.5, 0.6) is 0 Å². The van der Waals surface area contributed by atoms with Crippen molar-refractivity contribution in [2.24, 2.45) is 0 Å². The number of esters is 1. The first-order valence-electron chi connectivity index (χ1n) is 4.15. The fourth-order valence-corrected chi connectivity index (χ4v) is 1.10. The van der Waals surface area contributed by atoms with Gasteiger partial charge in [0.1, 0.15) is 0 Å². The number of methoxy groups -OCH3 is 1. The van der Waals surface area contributed by atoms with Crippen LogP contribution in [0, 0.1) is 0 Å². The molecule has 1 rings (SSSR count). The van der Waals surface area contributed by atoms with E-state index in [4.69, 9.17) is 9.47 Å². The summed E-state index contributed by atoms with van der Waals surface area (Å²) in [6.45, 7) is 4.67. The van der Waals surface area contributed by atoms with Gasteiger partial charge in [-0.05, 0) is 19.4 Å². The van der Waals surface area contributed by atoms with Crippen molar-refractivity contribution in [1.82, 2.24) is 0 Å². The van der Waals surface area contributed by atoms with Crippen LogP contribution in [0.1, 0.15) is 13.8 Å². The Morgan fingerprint density at radius 2 is 1.85 bits per heavy atom. The van der Waals surface area contributed by atoms with Gasteiger partial charge in [-0.2, -0.15) is 0 Å². The molecular formula is C9H14O4. The molecule has 4 nitrogen and oxygen atoms in total. The second-order valence-corrected chi connectivity index (χ2v) is 2.87. The molecule has 0 aromatic heterocycles. The van der Waals surface area contributed by atoms with Gasteiger partial charge in [0.25, 0.3) is 0 Å². The summed E-state index contributed by atoms with van der Waals surface area (Å²) in [5, 5.41) is 0. The topological polar surface area (TPSA) is 44.8 Å². The molecule has 1 aliphatic rings. The summed E-state index contributed by atoms with van der Waals surface area (Å²) >= 11 is 0. The molecule has 1 saturated heterocycles. The van der Waals surface area contributed by atoms with E-state index >= 15 is 0 Å². The molecule has 0 radical (unpaired) electrons. The fraction of sp³-hybridized carbons (Fsp3) is 0.667. The Morgan fingerprint density at radius 3 is 2.31 bits per heavy atom. The van der Waals surface area contributed by atoms with E-state index in [0.29, 0.717) is 18.8 Å². The molecule has 0 aliphatic carbocycles. The van der Waals surface area contributed by atoms with E-state index in [1.54, 1.807) is 6.92 Å². The van der Waals surface area contributed by atoms with Crippen molar-refractivity contribution in [3.8, 4) is 0 Å². The first-order chi connectivity index (χ1) is 6.16. The molecule has 4 heteroatoms. The summed E-state index contributed by atoms with van der Waals surface area (Å²) in [5.74, 6) is -0.336. The predicted octanol–water partition coefficient (Wildman–Crippen LogP) is 0.869. The zero-order valence-corrected chi connectivity index (χ0v) is 8.12. The summed E-state index contributed by atoms with van der Waals surface area (Å²) in [5.41, 5.74) is 1.33. The molecule has 0 spiro atoms. The van der Waals surface area contributed by atoms with Gasteiger partial charge >= 0.3 is 5.97 Å². The predicted molar refractivity (Wildman–Crippen MR) is 46.1 cm³/mol. The molecule has 0 atom stereocenters. The Balaban J connectivity index is 2.71. The van der Waals surface area contributed by atoms with Crippen molar-refractivity contribution in [1.29, 1.82) is 0 Å². The highest BCUT2D eigenvalue weighted by atomic mass is 16.7. The Hall–Kier alpha value is -0.870. The van der Waals surface area contributed by atoms with Crippen LogP contribution in [0.4, 0.5) is 0 Å². The van der Waals surface area contributed by atoms with Gasteiger partial charge in [-0.15, -0.1) is 0 Å². The van der Waals surface area contributed by atoms with Gasteiger partial charge in [-0.3, -0.25) is 0 Å². The fourth-order valence-electron chi connectivity index (χ4n) is 1.10. The van der Waals surface area contributed by atoms with E-state index in [0.717, 1.165) is 5.57 Å². The van der Waals surface area contributed by atoms with Gasteiger partial charge in [0.15, 0.2) is 6.29 Å². The number of carbonyl (C=O) groups excluding carboxylic acids is 1. The summed E-state index contributed by atoms with van der Waals surface area (Å²) in [6, 6.07) is 0. The Labute approximate surface area is 77.5 Å².